The van der Waals surface area contributed by atoms with Crippen LogP contribution in [-0.2, 0) is 25.7 Å². The Hall–Kier alpha value is -1.97. The van der Waals surface area contributed by atoms with Crippen LogP contribution < -0.4 is 0 Å². The number of aliphatic hydroxyl groups is 1. The van der Waals surface area contributed by atoms with Gasteiger partial charge in [0.2, 0.25) is 0 Å². The molecule has 1 aromatic rings. The van der Waals surface area contributed by atoms with Crippen molar-refractivity contribution >= 4 is 40.9 Å². The van der Waals surface area contributed by atoms with Crippen molar-refractivity contribution < 1.29 is 29.3 Å². The van der Waals surface area contributed by atoms with Crippen LogP contribution in [0.25, 0.3) is 0 Å². The summed E-state index contributed by atoms with van der Waals surface area (Å²) in [5, 5.41) is 23.6. The highest BCUT2D eigenvalue weighted by Gasteiger charge is 2.71. The van der Waals surface area contributed by atoms with E-state index in [0.29, 0.717) is 41.4 Å². The molecule has 0 bridgehead atoms. The van der Waals surface area contributed by atoms with Crippen molar-refractivity contribution in [2.75, 3.05) is 33.7 Å². The third-order valence-electron chi connectivity index (χ3n) is 17.2. The van der Waals surface area contributed by atoms with Crippen molar-refractivity contribution in [1.82, 2.24) is 9.80 Å². The van der Waals surface area contributed by atoms with E-state index in [2.05, 4.69) is 72.4 Å². The number of carboxylic acids is 1. The lowest BCUT2D eigenvalue weighted by Crippen LogP contribution is -2.66. The highest BCUT2D eigenvalue weighted by molar-refractivity contribution is 6.35. The molecule has 58 heavy (non-hydrogen) atoms. The Bertz CT molecular complexity index is 1810. The third kappa shape index (κ3) is 7.64. The first-order chi connectivity index (χ1) is 26.8. The van der Waals surface area contributed by atoms with Crippen molar-refractivity contribution in [2.24, 2.45) is 56.2 Å². The number of esters is 1. The number of carbonyl (C=O) groups is 3. The van der Waals surface area contributed by atoms with Gasteiger partial charge in [-0.3, -0.25) is 19.3 Å². The maximum atomic E-state index is 14.3. The molecule has 0 amide bonds. The minimum Gasteiger partial charge on any atom is -0.481 e. The van der Waals surface area contributed by atoms with Crippen LogP contribution >= 0.6 is 23.2 Å². The molecule has 0 radical (unpaired) electrons. The Morgan fingerprint density at radius 2 is 1.62 bits per heavy atom. The van der Waals surface area contributed by atoms with Crippen LogP contribution in [0.5, 0.6) is 0 Å². The van der Waals surface area contributed by atoms with Gasteiger partial charge in [-0.25, -0.2) is 0 Å². The first kappa shape index (κ1) is 45.6. The molecule has 5 aliphatic carbocycles. The summed E-state index contributed by atoms with van der Waals surface area (Å²) in [7, 11) is 4.13. The minimum absolute atomic E-state index is 0.0210. The predicted octanol–water partition coefficient (Wildman–Crippen LogP) is 10.1. The Kier molecular flexibility index (Phi) is 12.6. The standard InChI is InChI=1S/C48H72Cl2N2O6/c1-29(2)40-34(53)25-48(37(54)28-52(23-22-51(10)11)27-30-12-13-31(49)24-33(30)50)21-20-46(8)32(41(40)48)14-15-36-45(7)18-17-38(58-39(55)26-43(3,4)42(56)57)44(5,6)35(45)16-19-47(36,46)9/h12-13,24,29,32,35-38,54H,14-23,25-28H2,1-11H3,(H,56,57)/t32-,35?,36-,37+,38+,45+,46-,47-,48+/m1/s1. The van der Waals surface area contributed by atoms with Gasteiger partial charge in [-0.15, -0.1) is 0 Å². The molecule has 4 saturated carbocycles. The molecule has 1 aromatic carbocycles. The summed E-state index contributed by atoms with van der Waals surface area (Å²) in [5.41, 5.74) is 1.20. The van der Waals surface area contributed by atoms with Crippen LogP contribution in [0, 0.1) is 56.2 Å². The lowest BCUT2D eigenvalue weighted by atomic mass is 9.33. The van der Waals surface area contributed by atoms with Crippen molar-refractivity contribution in [3.8, 4) is 0 Å². The number of Topliss-reactive ketones (excluding diaryl/α,β-unsaturated/α-hetero) is 1. The molecule has 5 aliphatic rings. The predicted molar refractivity (Wildman–Crippen MR) is 232 cm³/mol. The molecular formula is C48H72Cl2N2O6. The van der Waals surface area contributed by atoms with Gasteiger partial charge in [0.15, 0.2) is 5.78 Å². The number of rotatable bonds is 13. The lowest BCUT2D eigenvalue weighted by molar-refractivity contribution is -0.235. The summed E-state index contributed by atoms with van der Waals surface area (Å²) in [6, 6.07) is 5.62. The number of aliphatic hydroxyl groups excluding tert-OH is 1. The van der Waals surface area contributed by atoms with Gasteiger partial charge in [0.25, 0.3) is 0 Å². The van der Waals surface area contributed by atoms with Crippen LogP contribution in [0.4, 0.5) is 0 Å². The number of ketones is 1. The number of hydrogen-bond donors (Lipinski definition) is 2. The molecule has 0 aromatic heterocycles. The van der Waals surface area contributed by atoms with Gasteiger partial charge in [-0.1, -0.05) is 83.3 Å². The molecule has 1 unspecified atom stereocenters. The summed E-state index contributed by atoms with van der Waals surface area (Å²) in [6.45, 7) is 22.3. The van der Waals surface area contributed by atoms with Crippen LogP contribution in [0.15, 0.2) is 29.3 Å². The van der Waals surface area contributed by atoms with Gasteiger partial charge >= 0.3 is 11.9 Å². The van der Waals surface area contributed by atoms with Gasteiger partial charge in [-0.2, -0.15) is 0 Å². The zero-order valence-corrected chi connectivity index (χ0v) is 38.8. The van der Waals surface area contributed by atoms with E-state index in [-0.39, 0.29) is 51.8 Å². The van der Waals surface area contributed by atoms with Crippen LogP contribution in [-0.4, -0.2) is 83.7 Å². The topological polar surface area (TPSA) is 107 Å². The molecule has 10 heteroatoms. The Morgan fingerprint density at radius 3 is 2.24 bits per heavy atom. The van der Waals surface area contributed by atoms with Gasteiger partial charge < -0.3 is 19.8 Å². The van der Waals surface area contributed by atoms with E-state index in [0.717, 1.165) is 75.6 Å². The number of carbonyl (C=O) groups excluding carboxylic acids is 2. The zero-order valence-electron chi connectivity index (χ0n) is 37.3. The van der Waals surface area contributed by atoms with E-state index in [1.54, 1.807) is 19.9 Å². The van der Waals surface area contributed by atoms with Crippen molar-refractivity contribution in [3.05, 3.63) is 45.0 Å². The van der Waals surface area contributed by atoms with Crippen molar-refractivity contribution in [2.45, 2.75) is 145 Å². The molecule has 9 atom stereocenters. The highest BCUT2D eigenvalue weighted by atomic mass is 35.5. The molecular weight excluding hydrogens is 771 g/mol. The SMILES string of the molecule is CC(C)C1=C2[C@H]3CC[C@@H]4[C@@]5(C)CC[C@H](OC(=O)CC(C)(C)C(=O)O)C(C)(C)C5CC[C@@]4(C)[C@]3(C)CC[C@@]2([C@@H](O)CN(CCN(C)C)Cc2ccc(Cl)cc2Cl)CC1=O. The molecule has 4 fully saturated rings. The third-order valence-corrected chi connectivity index (χ3v) is 17.8. The highest BCUT2D eigenvalue weighted by Crippen LogP contribution is 2.77. The number of halogens is 2. The van der Waals surface area contributed by atoms with Gasteiger partial charge in [0, 0.05) is 53.5 Å². The first-order valence-corrected chi connectivity index (χ1v) is 22.8. The van der Waals surface area contributed by atoms with E-state index in [1.807, 2.05) is 12.1 Å². The van der Waals surface area contributed by atoms with Gasteiger partial charge in [-0.05, 0) is 142 Å². The summed E-state index contributed by atoms with van der Waals surface area (Å²) >= 11 is 13.0. The first-order valence-electron chi connectivity index (χ1n) is 22.0. The average Bonchev–Trinajstić information content (AvgIpc) is 3.43. The largest absolute Gasteiger partial charge is 0.481 e. The molecule has 0 heterocycles. The molecule has 8 nitrogen and oxygen atoms in total. The monoisotopic (exact) mass is 842 g/mol. The fourth-order valence-electron chi connectivity index (χ4n) is 13.8. The van der Waals surface area contributed by atoms with Gasteiger partial charge in [0.05, 0.1) is 17.9 Å². The second-order valence-corrected chi connectivity index (χ2v) is 22.7. The minimum atomic E-state index is -1.18. The van der Waals surface area contributed by atoms with Gasteiger partial charge in [0.1, 0.15) is 6.10 Å². The fraction of sp³-hybridized carbons (Fsp3) is 0.771. The zero-order chi connectivity index (χ0) is 43.0. The molecule has 6 rings (SSSR count). The molecule has 0 aliphatic heterocycles. The Labute approximate surface area is 358 Å². The second-order valence-electron chi connectivity index (χ2n) is 21.8. The normalized spacial score (nSPS) is 35.1. The lowest BCUT2D eigenvalue weighted by Gasteiger charge is -2.72. The summed E-state index contributed by atoms with van der Waals surface area (Å²) in [4.78, 5) is 43.8. The fourth-order valence-corrected chi connectivity index (χ4v) is 14.3. The summed E-state index contributed by atoms with van der Waals surface area (Å²) in [6.07, 6.45) is 6.92. The average molecular weight is 844 g/mol. The second kappa shape index (κ2) is 16.1. The van der Waals surface area contributed by atoms with Crippen LogP contribution in [0.3, 0.4) is 0 Å². The summed E-state index contributed by atoms with van der Waals surface area (Å²) in [5.74, 6) is -0.0958. The number of carboxylic acid groups (broad SMARTS) is 1. The van der Waals surface area contributed by atoms with E-state index in [1.165, 1.54) is 5.57 Å². The van der Waals surface area contributed by atoms with E-state index in [4.69, 9.17) is 27.9 Å². The maximum absolute atomic E-state index is 14.3. The number of aliphatic carboxylic acids is 1. The number of hydrogen-bond acceptors (Lipinski definition) is 7. The van der Waals surface area contributed by atoms with Crippen LogP contribution in [0.2, 0.25) is 10.0 Å². The van der Waals surface area contributed by atoms with Crippen molar-refractivity contribution in [3.63, 3.8) is 0 Å². The number of fused-ring (bicyclic) bond motifs is 7. The summed E-state index contributed by atoms with van der Waals surface area (Å²) < 4.78 is 6.19. The van der Waals surface area contributed by atoms with E-state index < -0.39 is 28.9 Å². The Morgan fingerprint density at radius 1 is 0.931 bits per heavy atom. The van der Waals surface area contributed by atoms with Crippen LogP contribution in [0.1, 0.15) is 132 Å². The molecule has 2 N–H and O–H groups in total. The van der Waals surface area contributed by atoms with Crippen molar-refractivity contribution in [1.29, 1.82) is 0 Å². The molecule has 0 spiro atoms. The molecule has 0 saturated heterocycles. The van der Waals surface area contributed by atoms with E-state index in [9.17, 15) is 24.6 Å². The maximum Gasteiger partial charge on any atom is 0.309 e. The number of likely N-dealkylation sites (N-methyl/N-ethyl adjacent to an activating group) is 1. The Balaban J connectivity index is 1.29. The quantitative estimate of drug-likeness (QED) is 0.189. The smallest absolute Gasteiger partial charge is 0.309 e. The number of allylic oxidation sites excluding steroid dienone is 1. The number of benzene rings is 1. The number of nitrogens with zero attached hydrogens (tertiary/aromatic N) is 2. The van der Waals surface area contributed by atoms with E-state index >= 15 is 0 Å². The molecule has 324 valence electrons. The number of ether oxygens (including phenoxy) is 1.